The Morgan fingerprint density at radius 1 is 1.09 bits per heavy atom. The first-order valence-corrected chi connectivity index (χ1v) is 6.98. The van der Waals surface area contributed by atoms with Gasteiger partial charge in [-0.25, -0.2) is 4.79 Å². The van der Waals surface area contributed by atoms with Crippen LogP contribution in [-0.4, -0.2) is 23.6 Å². The molecule has 1 amide bonds. The molecule has 0 aliphatic rings. The van der Waals surface area contributed by atoms with Crippen LogP contribution in [0.3, 0.4) is 0 Å². The molecular formula is C17H17NO4. The molecule has 0 aromatic heterocycles. The normalized spacial score (nSPS) is 10.0. The van der Waals surface area contributed by atoms with Gasteiger partial charge in [-0.15, -0.1) is 0 Å². The summed E-state index contributed by atoms with van der Waals surface area (Å²) < 4.78 is 5.45. The maximum Gasteiger partial charge on any atom is 0.337 e. The minimum atomic E-state index is -1.08. The minimum absolute atomic E-state index is 0.0544. The minimum Gasteiger partial charge on any atom is -0.494 e. The average Bonchev–Trinajstić information content (AvgIpc) is 2.53. The molecule has 0 aliphatic carbocycles. The number of aromatic carboxylic acids is 1. The van der Waals surface area contributed by atoms with Gasteiger partial charge in [0.05, 0.1) is 17.9 Å². The molecule has 0 spiro atoms. The molecule has 0 heterocycles. The van der Waals surface area contributed by atoms with Gasteiger partial charge < -0.3 is 15.2 Å². The summed E-state index contributed by atoms with van der Waals surface area (Å²) in [7, 11) is 0. The van der Waals surface area contributed by atoms with Crippen LogP contribution in [0.15, 0.2) is 48.5 Å². The van der Waals surface area contributed by atoms with Crippen molar-refractivity contribution >= 4 is 17.6 Å². The number of hydrogen-bond acceptors (Lipinski definition) is 3. The van der Waals surface area contributed by atoms with Crippen LogP contribution in [0.1, 0.15) is 34.1 Å². The number of anilines is 1. The van der Waals surface area contributed by atoms with Crippen molar-refractivity contribution in [3.05, 3.63) is 59.7 Å². The number of carboxylic acid groups (broad SMARTS) is 1. The smallest absolute Gasteiger partial charge is 0.337 e. The summed E-state index contributed by atoms with van der Waals surface area (Å²) in [5, 5.41) is 11.7. The standard InChI is InChI=1S/C17H17NO4/c1-2-11-22-13-9-7-12(8-10-13)16(19)18-15-6-4-3-5-14(15)17(20)21/h3-10H,2,11H2,1H3,(H,18,19)(H,20,21). The molecule has 0 saturated carbocycles. The maximum atomic E-state index is 12.2. The number of para-hydroxylation sites is 1. The van der Waals surface area contributed by atoms with Crippen molar-refractivity contribution in [2.24, 2.45) is 0 Å². The topological polar surface area (TPSA) is 75.6 Å². The zero-order chi connectivity index (χ0) is 15.9. The molecule has 0 unspecified atom stereocenters. The molecule has 5 nitrogen and oxygen atoms in total. The molecule has 0 atom stereocenters. The van der Waals surface area contributed by atoms with Gasteiger partial charge in [-0.05, 0) is 42.8 Å². The van der Waals surface area contributed by atoms with E-state index in [1.165, 1.54) is 6.07 Å². The molecule has 0 aliphatic heterocycles. The van der Waals surface area contributed by atoms with Gasteiger partial charge in [0, 0.05) is 5.56 Å². The predicted octanol–water partition coefficient (Wildman–Crippen LogP) is 3.43. The number of carbonyl (C=O) groups excluding carboxylic acids is 1. The molecule has 0 bridgehead atoms. The zero-order valence-corrected chi connectivity index (χ0v) is 12.2. The highest BCUT2D eigenvalue weighted by atomic mass is 16.5. The predicted molar refractivity (Wildman–Crippen MR) is 83.6 cm³/mol. The lowest BCUT2D eigenvalue weighted by atomic mass is 10.1. The zero-order valence-electron chi connectivity index (χ0n) is 12.2. The third-order valence-corrected chi connectivity index (χ3v) is 3.00. The van der Waals surface area contributed by atoms with Gasteiger partial charge in [-0.1, -0.05) is 19.1 Å². The maximum absolute atomic E-state index is 12.2. The van der Waals surface area contributed by atoms with Crippen molar-refractivity contribution in [3.8, 4) is 5.75 Å². The Hall–Kier alpha value is -2.82. The molecular weight excluding hydrogens is 282 g/mol. The van der Waals surface area contributed by atoms with E-state index in [1.807, 2.05) is 6.92 Å². The monoisotopic (exact) mass is 299 g/mol. The van der Waals surface area contributed by atoms with Crippen LogP contribution >= 0.6 is 0 Å². The number of carboxylic acids is 1. The summed E-state index contributed by atoms with van der Waals surface area (Å²) >= 11 is 0. The number of rotatable bonds is 6. The van der Waals surface area contributed by atoms with Crippen molar-refractivity contribution in [1.29, 1.82) is 0 Å². The SMILES string of the molecule is CCCOc1ccc(C(=O)Nc2ccccc2C(=O)O)cc1. The fraction of sp³-hybridized carbons (Fsp3) is 0.176. The Balaban J connectivity index is 2.11. The summed E-state index contributed by atoms with van der Waals surface area (Å²) in [5.74, 6) is -0.751. The third-order valence-electron chi connectivity index (χ3n) is 3.00. The second-order valence-corrected chi connectivity index (χ2v) is 4.68. The molecule has 2 rings (SSSR count). The number of carbonyl (C=O) groups is 2. The molecule has 0 fully saturated rings. The fourth-order valence-corrected chi connectivity index (χ4v) is 1.90. The summed E-state index contributed by atoms with van der Waals surface area (Å²) in [6.45, 7) is 2.64. The van der Waals surface area contributed by atoms with Gasteiger partial charge in [0.15, 0.2) is 0 Å². The van der Waals surface area contributed by atoms with Crippen molar-refractivity contribution < 1.29 is 19.4 Å². The average molecular weight is 299 g/mol. The van der Waals surface area contributed by atoms with Crippen LogP contribution < -0.4 is 10.1 Å². The third kappa shape index (κ3) is 3.85. The number of amides is 1. The van der Waals surface area contributed by atoms with Crippen molar-refractivity contribution in [1.82, 2.24) is 0 Å². The quantitative estimate of drug-likeness (QED) is 0.857. The number of nitrogens with one attached hydrogen (secondary N) is 1. The van der Waals surface area contributed by atoms with Gasteiger partial charge in [-0.2, -0.15) is 0 Å². The van der Waals surface area contributed by atoms with Gasteiger partial charge in [0.1, 0.15) is 5.75 Å². The molecule has 22 heavy (non-hydrogen) atoms. The van der Waals surface area contributed by atoms with E-state index < -0.39 is 5.97 Å². The lowest BCUT2D eigenvalue weighted by Crippen LogP contribution is -2.14. The summed E-state index contributed by atoms with van der Waals surface area (Å²) in [5.41, 5.74) is 0.758. The molecule has 2 aromatic rings. The first kappa shape index (κ1) is 15.6. The number of benzene rings is 2. The van der Waals surface area contributed by atoms with Gasteiger partial charge in [-0.3, -0.25) is 4.79 Å². The molecule has 0 radical (unpaired) electrons. The van der Waals surface area contributed by atoms with Crippen LogP contribution in [0.25, 0.3) is 0 Å². The second-order valence-electron chi connectivity index (χ2n) is 4.68. The molecule has 114 valence electrons. The summed E-state index contributed by atoms with van der Waals surface area (Å²) in [4.78, 5) is 23.3. The highest BCUT2D eigenvalue weighted by Gasteiger charge is 2.12. The van der Waals surface area contributed by atoms with Gasteiger partial charge >= 0.3 is 5.97 Å². The fourth-order valence-electron chi connectivity index (χ4n) is 1.90. The van der Waals surface area contributed by atoms with E-state index in [-0.39, 0.29) is 17.2 Å². The van der Waals surface area contributed by atoms with E-state index in [1.54, 1.807) is 42.5 Å². The Morgan fingerprint density at radius 3 is 2.41 bits per heavy atom. The van der Waals surface area contributed by atoms with Crippen LogP contribution in [-0.2, 0) is 0 Å². The van der Waals surface area contributed by atoms with Crippen LogP contribution in [0.4, 0.5) is 5.69 Å². The Kier molecular flexibility index (Phi) is 5.14. The molecule has 0 saturated heterocycles. The Morgan fingerprint density at radius 2 is 1.77 bits per heavy atom. The van der Waals surface area contributed by atoms with Crippen molar-refractivity contribution in [3.63, 3.8) is 0 Å². The molecule has 2 N–H and O–H groups in total. The van der Waals surface area contributed by atoms with E-state index in [4.69, 9.17) is 9.84 Å². The van der Waals surface area contributed by atoms with Crippen molar-refractivity contribution in [2.75, 3.05) is 11.9 Å². The van der Waals surface area contributed by atoms with E-state index in [0.717, 1.165) is 6.42 Å². The largest absolute Gasteiger partial charge is 0.494 e. The van der Waals surface area contributed by atoms with E-state index in [9.17, 15) is 9.59 Å². The molecule has 5 heteroatoms. The van der Waals surface area contributed by atoms with Crippen LogP contribution in [0, 0.1) is 0 Å². The first-order chi connectivity index (χ1) is 10.6. The first-order valence-electron chi connectivity index (χ1n) is 6.98. The van der Waals surface area contributed by atoms with Crippen LogP contribution in [0.5, 0.6) is 5.75 Å². The van der Waals surface area contributed by atoms with Crippen molar-refractivity contribution in [2.45, 2.75) is 13.3 Å². The Bertz CT molecular complexity index is 665. The second kappa shape index (κ2) is 7.26. The van der Waals surface area contributed by atoms with Gasteiger partial charge in [0.2, 0.25) is 0 Å². The van der Waals surface area contributed by atoms with E-state index in [2.05, 4.69) is 5.32 Å². The lowest BCUT2D eigenvalue weighted by molar-refractivity contribution is 0.0698. The van der Waals surface area contributed by atoms with Crippen LogP contribution in [0.2, 0.25) is 0 Å². The lowest BCUT2D eigenvalue weighted by Gasteiger charge is -2.09. The highest BCUT2D eigenvalue weighted by molar-refractivity contribution is 6.07. The highest BCUT2D eigenvalue weighted by Crippen LogP contribution is 2.17. The Labute approximate surface area is 128 Å². The number of ether oxygens (including phenoxy) is 1. The van der Waals surface area contributed by atoms with E-state index in [0.29, 0.717) is 17.9 Å². The summed E-state index contributed by atoms with van der Waals surface area (Å²) in [6.07, 6.45) is 0.911. The number of hydrogen-bond donors (Lipinski definition) is 2. The van der Waals surface area contributed by atoms with Gasteiger partial charge in [0.25, 0.3) is 5.91 Å². The summed E-state index contributed by atoms with van der Waals surface area (Å²) in [6, 6.07) is 13.0. The molecule has 2 aromatic carbocycles. The van der Waals surface area contributed by atoms with E-state index >= 15 is 0 Å².